The number of nitrogens with zero attached hydrogens (tertiary/aromatic N) is 1. The summed E-state index contributed by atoms with van der Waals surface area (Å²) in [7, 11) is 0. The average Bonchev–Trinajstić information content (AvgIpc) is 3.05. The Hall–Kier alpha value is -1.58. The van der Waals surface area contributed by atoms with E-state index in [0.717, 1.165) is 34.8 Å². The summed E-state index contributed by atoms with van der Waals surface area (Å²) in [5, 5.41) is 2.63. The third kappa shape index (κ3) is 4.00. The van der Waals surface area contributed by atoms with Gasteiger partial charge >= 0.3 is 0 Å². The molecule has 1 nitrogen and oxygen atoms in total. The molecular weight excluding hydrogens is 465 g/mol. The highest BCUT2D eigenvalue weighted by Crippen LogP contribution is 2.46. The van der Waals surface area contributed by atoms with E-state index >= 15 is 0 Å². The van der Waals surface area contributed by atoms with Crippen molar-refractivity contribution in [2.45, 2.75) is 40.0 Å². The van der Waals surface area contributed by atoms with Crippen LogP contribution in [0.1, 0.15) is 34.9 Å². The number of benzene rings is 2. The van der Waals surface area contributed by atoms with Crippen molar-refractivity contribution in [1.82, 2.24) is 4.98 Å². The lowest BCUT2D eigenvalue weighted by Crippen LogP contribution is -3.00. The molecule has 31 heavy (non-hydrogen) atoms. The minimum absolute atomic E-state index is 0. The number of fused-ring (bicyclic) bond motifs is 3. The SMILES string of the molecule is Cc1cccc(-c2c(C)c(-c3ccc(Cl)cc3Cl)nc3sc4c(c23)CCC(C)C4)c1.[Cl-]. The Morgan fingerprint density at radius 3 is 2.61 bits per heavy atom. The molecule has 0 bridgehead atoms. The maximum atomic E-state index is 6.61. The van der Waals surface area contributed by atoms with Crippen molar-refractivity contribution in [3.63, 3.8) is 0 Å². The Bertz CT molecular complexity index is 1290. The molecule has 5 rings (SSSR count). The van der Waals surface area contributed by atoms with Crippen LogP contribution < -0.4 is 12.4 Å². The Labute approximate surface area is 203 Å². The molecular formula is C26H23Cl3NS-. The first kappa shape index (κ1) is 22.6. The minimum atomic E-state index is 0. The van der Waals surface area contributed by atoms with Crippen LogP contribution >= 0.6 is 34.5 Å². The highest BCUT2D eigenvalue weighted by molar-refractivity contribution is 7.19. The zero-order valence-electron chi connectivity index (χ0n) is 17.7. The second-order valence-electron chi connectivity index (χ2n) is 8.49. The number of pyridine rings is 1. The van der Waals surface area contributed by atoms with Gasteiger partial charge in [-0.3, -0.25) is 0 Å². The van der Waals surface area contributed by atoms with Gasteiger partial charge in [-0.05, 0) is 79.5 Å². The summed E-state index contributed by atoms with van der Waals surface area (Å²) in [6.07, 6.45) is 3.53. The topological polar surface area (TPSA) is 12.9 Å². The van der Waals surface area contributed by atoms with E-state index in [9.17, 15) is 0 Å². The molecule has 0 aliphatic heterocycles. The zero-order valence-corrected chi connectivity index (χ0v) is 20.8. The molecule has 160 valence electrons. The van der Waals surface area contributed by atoms with Crippen LogP contribution in [0.2, 0.25) is 10.0 Å². The summed E-state index contributed by atoms with van der Waals surface area (Å²) in [5.74, 6) is 0.735. The molecule has 4 aromatic rings. The molecule has 5 heteroatoms. The van der Waals surface area contributed by atoms with E-state index < -0.39 is 0 Å². The second kappa shape index (κ2) is 8.75. The van der Waals surface area contributed by atoms with Crippen LogP contribution in [0, 0.1) is 19.8 Å². The van der Waals surface area contributed by atoms with Crippen LogP contribution in [-0.4, -0.2) is 4.98 Å². The van der Waals surface area contributed by atoms with E-state index in [0.29, 0.717) is 10.0 Å². The van der Waals surface area contributed by atoms with Crippen molar-refractivity contribution in [2.24, 2.45) is 5.92 Å². The number of rotatable bonds is 2. The van der Waals surface area contributed by atoms with Crippen LogP contribution in [-0.2, 0) is 12.8 Å². The number of thiophene rings is 1. The molecule has 0 fully saturated rings. The molecule has 0 amide bonds. The molecule has 1 aliphatic rings. The highest BCUT2D eigenvalue weighted by atomic mass is 35.5. The Balaban J connectivity index is 0.00000231. The molecule has 0 saturated carbocycles. The smallest absolute Gasteiger partial charge is 0.125 e. The van der Waals surface area contributed by atoms with Gasteiger partial charge in [0.15, 0.2) is 0 Å². The van der Waals surface area contributed by atoms with Crippen molar-refractivity contribution in [3.05, 3.63) is 74.1 Å². The van der Waals surface area contributed by atoms with Gasteiger partial charge in [0, 0.05) is 20.8 Å². The first-order valence-electron chi connectivity index (χ1n) is 10.4. The van der Waals surface area contributed by atoms with Gasteiger partial charge in [0.2, 0.25) is 0 Å². The van der Waals surface area contributed by atoms with Crippen molar-refractivity contribution < 1.29 is 12.4 Å². The van der Waals surface area contributed by atoms with Gasteiger partial charge in [-0.15, -0.1) is 11.3 Å². The highest BCUT2D eigenvalue weighted by Gasteiger charge is 2.26. The Morgan fingerprint density at radius 1 is 1.06 bits per heavy atom. The third-order valence-corrected chi connectivity index (χ3v) is 7.88. The van der Waals surface area contributed by atoms with Crippen molar-refractivity contribution in [3.8, 4) is 22.4 Å². The second-order valence-corrected chi connectivity index (χ2v) is 10.4. The van der Waals surface area contributed by atoms with Gasteiger partial charge in [0.25, 0.3) is 0 Å². The maximum Gasteiger partial charge on any atom is 0.125 e. The first-order valence-corrected chi connectivity index (χ1v) is 12.0. The van der Waals surface area contributed by atoms with E-state index in [1.807, 2.05) is 23.5 Å². The van der Waals surface area contributed by atoms with Gasteiger partial charge in [-0.1, -0.05) is 60.0 Å². The number of hydrogen-bond acceptors (Lipinski definition) is 2. The van der Waals surface area contributed by atoms with Crippen molar-refractivity contribution in [2.75, 3.05) is 0 Å². The Morgan fingerprint density at radius 2 is 1.87 bits per heavy atom. The lowest BCUT2D eigenvalue weighted by molar-refractivity contribution is -0.00000589. The van der Waals surface area contributed by atoms with Crippen molar-refractivity contribution >= 4 is 44.8 Å². The average molecular weight is 488 g/mol. The number of halogens is 3. The largest absolute Gasteiger partial charge is 1.00 e. The van der Waals surface area contributed by atoms with Crippen LogP contribution in [0.15, 0.2) is 42.5 Å². The van der Waals surface area contributed by atoms with E-state index in [1.165, 1.54) is 44.5 Å². The van der Waals surface area contributed by atoms with E-state index in [2.05, 4.69) is 45.0 Å². The van der Waals surface area contributed by atoms with Crippen LogP contribution in [0.5, 0.6) is 0 Å². The monoisotopic (exact) mass is 486 g/mol. The quantitative estimate of drug-likeness (QED) is 0.354. The molecule has 2 aromatic heterocycles. The summed E-state index contributed by atoms with van der Waals surface area (Å²) in [4.78, 5) is 7.79. The van der Waals surface area contributed by atoms with Gasteiger partial charge in [-0.2, -0.15) is 0 Å². The van der Waals surface area contributed by atoms with Crippen LogP contribution in [0.3, 0.4) is 0 Å². The van der Waals surface area contributed by atoms with Crippen LogP contribution in [0.25, 0.3) is 32.6 Å². The summed E-state index contributed by atoms with van der Waals surface area (Å²) in [6.45, 7) is 6.69. The molecule has 1 aliphatic carbocycles. The van der Waals surface area contributed by atoms with E-state index in [-0.39, 0.29) is 12.4 Å². The fourth-order valence-electron chi connectivity index (χ4n) is 4.67. The van der Waals surface area contributed by atoms with Gasteiger partial charge in [0.1, 0.15) is 4.83 Å². The molecule has 2 aromatic carbocycles. The molecule has 0 N–H and O–H groups in total. The molecule has 1 atom stereocenters. The molecule has 0 spiro atoms. The minimum Gasteiger partial charge on any atom is -1.00 e. The van der Waals surface area contributed by atoms with Gasteiger partial charge in [0.05, 0.1) is 10.7 Å². The zero-order chi connectivity index (χ0) is 21.0. The third-order valence-electron chi connectivity index (χ3n) is 6.18. The molecule has 1 unspecified atom stereocenters. The predicted octanol–water partition coefficient (Wildman–Crippen LogP) is 5.68. The lowest BCUT2D eigenvalue weighted by atomic mass is 9.85. The van der Waals surface area contributed by atoms with E-state index in [4.69, 9.17) is 28.2 Å². The fourth-order valence-corrected chi connectivity index (χ4v) is 6.56. The molecule has 0 radical (unpaired) electrons. The normalized spacial score (nSPS) is 15.6. The number of aromatic nitrogens is 1. The standard InChI is InChI=1S/C26H23Cl2NS.ClH/c1-14-5-4-6-17(11-14)23-16(3)25(19-10-8-18(27)13-21(19)28)29-26-24(23)20-9-7-15(2)12-22(20)30-26;/h4-6,8,10-11,13,15H,7,9,12H2,1-3H3;1H/p-1. The summed E-state index contributed by atoms with van der Waals surface area (Å²) < 4.78 is 0. The fraction of sp³-hybridized carbons (Fsp3) is 0.269. The maximum absolute atomic E-state index is 6.61. The summed E-state index contributed by atoms with van der Waals surface area (Å²) in [5.41, 5.74) is 8.40. The lowest BCUT2D eigenvalue weighted by Gasteiger charge is -2.20. The molecule has 2 heterocycles. The van der Waals surface area contributed by atoms with Gasteiger partial charge in [-0.25, -0.2) is 4.98 Å². The molecule has 0 saturated heterocycles. The van der Waals surface area contributed by atoms with Crippen LogP contribution in [0.4, 0.5) is 0 Å². The summed E-state index contributed by atoms with van der Waals surface area (Å²) in [6, 6.07) is 14.5. The van der Waals surface area contributed by atoms with Gasteiger partial charge < -0.3 is 12.4 Å². The Kier molecular flexibility index (Phi) is 6.38. The number of aryl methyl sites for hydroxylation is 2. The first-order chi connectivity index (χ1) is 14.4. The van der Waals surface area contributed by atoms with E-state index in [1.54, 1.807) is 6.07 Å². The summed E-state index contributed by atoms with van der Waals surface area (Å²) >= 11 is 14.6. The van der Waals surface area contributed by atoms with Crippen molar-refractivity contribution in [1.29, 1.82) is 0 Å². The number of hydrogen-bond donors (Lipinski definition) is 0. The predicted molar refractivity (Wildman–Crippen MR) is 131 cm³/mol.